The highest BCUT2D eigenvalue weighted by Crippen LogP contribution is 2.17. The molecule has 6 heteroatoms. The van der Waals surface area contributed by atoms with Crippen LogP contribution in [0.25, 0.3) is 0 Å². The molecule has 0 aromatic heterocycles. The first kappa shape index (κ1) is 14.2. The molecule has 0 fully saturated rings. The number of aryl methyl sites for hydroxylation is 1. The second kappa shape index (κ2) is 5.42. The molecule has 2 rings (SSSR count). The summed E-state index contributed by atoms with van der Waals surface area (Å²) in [6.45, 7) is 1.48. The molecule has 0 aliphatic rings. The van der Waals surface area contributed by atoms with Gasteiger partial charge < -0.3 is 5.73 Å². The van der Waals surface area contributed by atoms with E-state index in [-0.39, 0.29) is 16.3 Å². The van der Waals surface area contributed by atoms with Crippen molar-refractivity contribution in [2.45, 2.75) is 11.8 Å². The summed E-state index contributed by atoms with van der Waals surface area (Å²) in [6, 6.07) is 12.0. The van der Waals surface area contributed by atoms with E-state index in [2.05, 4.69) is 4.40 Å². The fourth-order valence-corrected chi connectivity index (χ4v) is 2.66. The topological polar surface area (TPSA) is 72.5 Å². The van der Waals surface area contributed by atoms with Crippen LogP contribution in [-0.2, 0) is 10.0 Å². The molecule has 0 unspecified atom stereocenters. The van der Waals surface area contributed by atoms with E-state index in [1.54, 1.807) is 30.3 Å². The summed E-state index contributed by atoms with van der Waals surface area (Å²) in [6.07, 6.45) is 0. The maximum Gasteiger partial charge on any atom is 0.284 e. The summed E-state index contributed by atoms with van der Waals surface area (Å²) in [7, 11) is -3.95. The molecule has 4 nitrogen and oxygen atoms in total. The first-order chi connectivity index (χ1) is 9.40. The van der Waals surface area contributed by atoms with Crippen molar-refractivity contribution in [3.63, 3.8) is 0 Å². The van der Waals surface area contributed by atoms with Crippen LogP contribution in [0.5, 0.6) is 0 Å². The van der Waals surface area contributed by atoms with Crippen LogP contribution in [0.4, 0.5) is 4.39 Å². The van der Waals surface area contributed by atoms with Crippen LogP contribution in [0.1, 0.15) is 11.1 Å². The Labute approximate surface area is 116 Å². The van der Waals surface area contributed by atoms with Crippen molar-refractivity contribution < 1.29 is 12.8 Å². The fraction of sp³-hybridized carbons (Fsp3) is 0.0714. The second-order valence-corrected chi connectivity index (χ2v) is 5.83. The summed E-state index contributed by atoms with van der Waals surface area (Å²) < 4.78 is 40.9. The number of hydrogen-bond acceptors (Lipinski definition) is 2. The quantitative estimate of drug-likeness (QED) is 0.696. The van der Waals surface area contributed by atoms with Gasteiger partial charge in [0.25, 0.3) is 10.0 Å². The molecule has 0 bridgehead atoms. The molecular weight excluding hydrogens is 279 g/mol. The van der Waals surface area contributed by atoms with Gasteiger partial charge in [0, 0.05) is 5.56 Å². The van der Waals surface area contributed by atoms with Gasteiger partial charge >= 0.3 is 0 Å². The van der Waals surface area contributed by atoms with Crippen LogP contribution in [0, 0.1) is 12.7 Å². The van der Waals surface area contributed by atoms with Crippen molar-refractivity contribution in [2.24, 2.45) is 10.1 Å². The van der Waals surface area contributed by atoms with Gasteiger partial charge in [-0.05, 0) is 30.7 Å². The number of nitrogens with zero attached hydrogens (tertiary/aromatic N) is 1. The van der Waals surface area contributed by atoms with E-state index >= 15 is 0 Å². The average Bonchev–Trinajstić information content (AvgIpc) is 2.42. The zero-order valence-electron chi connectivity index (χ0n) is 10.7. The number of nitrogens with two attached hydrogens (primary N) is 1. The first-order valence-electron chi connectivity index (χ1n) is 5.82. The van der Waals surface area contributed by atoms with Crippen molar-refractivity contribution in [3.8, 4) is 0 Å². The number of benzene rings is 2. The Balaban J connectivity index is 2.43. The monoisotopic (exact) mass is 292 g/mol. The van der Waals surface area contributed by atoms with Gasteiger partial charge in [-0.1, -0.05) is 30.3 Å². The van der Waals surface area contributed by atoms with E-state index in [1.165, 1.54) is 19.1 Å². The normalized spacial score (nSPS) is 12.4. The number of rotatable bonds is 3. The number of amidine groups is 1. The van der Waals surface area contributed by atoms with Gasteiger partial charge in [0.1, 0.15) is 11.7 Å². The SMILES string of the molecule is Cc1cc(S(=O)(=O)/N=C(\N)c2ccccc2)ccc1F. The molecule has 20 heavy (non-hydrogen) atoms. The third-order valence-electron chi connectivity index (χ3n) is 2.72. The Morgan fingerprint density at radius 1 is 1.15 bits per heavy atom. The Hall–Kier alpha value is -2.21. The van der Waals surface area contributed by atoms with Crippen molar-refractivity contribution in [1.29, 1.82) is 0 Å². The molecule has 0 saturated carbocycles. The molecule has 0 heterocycles. The van der Waals surface area contributed by atoms with Gasteiger partial charge in [-0.25, -0.2) is 4.39 Å². The lowest BCUT2D eigenvalue weighted by Gasteiger charge is -2.04. The summed E-state index contributed by atoms with van der Waals surface area (Å²) in [4.78, 5) is -0.0877. The third kappa shape index (κ3) is 3.03. The lowest BCUT2D eigenvalue weighted by atomic mass is 10.2. The molecule has 0 atom stereocenters. The van der Waals surface area contributed by atoms with E-state index in [0.29, 0.717) is 5.56 Å². The minimum atomic E-state index is -3.95. The molecule has 0 saturated heterocycles. The zero-order chi connectivity index (χ0) is 14.8. The lowest BCUT2D eigenvalue weighted by Crippen LogP contribution is -2.16. The zero-order valence-corrected chi connectivity index (χ0v) is 11.6. The fourth-order valence-electron chi connectivity index (χ4n) is 1.62. The highest BCUT2D eigenvalue weighted by atomic mass is 32.2. The molecule has 2 aromatic carbocycles. The predicted octanol–water partition coefficient (Wildman–Crippen LogP) is 2.23. The smallest absolute Gasteiger partial charge is 0.284 e. The highest BCUT2D eigenvalue weighted by Gasteiger charge is 2.15. The molecule has 2 aromatic rings. The first-order valence-corrected chi connectivity index (χ1v) is 7.26. The van der Waals surface area contributed by atoms with Gasteiger partial charge in [-0.3, -0.25) is 0 Å². The van der Waals surface area contributed by atoms with Crippen molar-refractivity contribution in [3.05, 3.63) is 65.5 Å². The van der Waals surface area contributed by atoms with Crippen LogP contribution in [-0.4, -0.2) is 14.3 Å². The summed E-state index contributed by atoms with van der Waals surface area (Å²) in [5, 5.41) is 0. The van der Waals surface area contributed by atoms with Gasteiger partial charge in [0.2, 0.25) is 0 Å². The largest absolute Gasteiger partial charge is 0.383 e. The molecule has 0 aliphatic heterocycles. The van der Waals surface area contributed by atoms with Crippen LogP contribution in [0.3, 0.4) is 0 Å². The highest BCUT2D eigenvalue weighted by molar-refractivity contribution is 7.90. The summed E-state index contributed by atoms with van der Waals surface area (Å²) in [5.41, 5.74) is 6.43. The molecule has 0 amide bonds. The Kier molecular flexibility index (Phi) is 3.85. The molecule has 0 aliphatic carbocycles. The molecule has 0 spiro atoms. The third-order valence-corrected chi connectivity index (χ3v) is 4.00. The van der Waals surface area contributed by atoms with Crippen LogP contribution in [0.2, 0.25) is 0 Å². The van der Waals surface area contributed by atoms with E-state index in [9.17, 15) is 12.8 Å². The van der Waals surface area contributed by atoms with E-state index in [4.69, 9.17) is 5.73 Å². The summed E-state index contributed by atoms with van der Waals surface area (Å²) >= 11 is 0. The van der Waals surface area contributed by atoms with Gasteiger partial charge in [-0.2, -0.15) is 8.42 Å². The predicted molar refractivity (Wildman–Crippen MR) is 75.5 cm³/mol. The van der Waals surface area contributed by atoms with E-state index in [0.717, 1.165) is 6.07 Å². The maximum atomic E-state index is 13.2. The van der Waals surface area contributed by atoms with Crippen molar-refractivity contribution in [1.82, 2.24) is 0 Å². The van der Waals surface area contributed by atoms with Crippen LogP contribution in [0.15, 0.2) is 57.8 Å². The van der Waals surface area contributed by atoms with Crippen molar-refractivity contribution >= 4 is 15.9 Å². The van der Waals surface area contributed by atoms with Gasteiger partial charge in [0.15, 0.2) is 0 Å². The number of sulfonamides is 1. The van der Waals surface area contributed by atoms with Crippen LogP contribution >= 0.6 is 0 Å². The minimum Gasteiger partial charge on any atom is -0.383 e. The Morgan fingerprint density at radius 2 is 1.80 bits per heavy atom. The van der Waals surface area contributed by atoms with Crippen molar-refractivity contribution in [2.75, 3.05) is 0 Å². The molecule has 2 N–H and O–H groups in total. The number of hydrogen-bond donors (Lipinski definition) is 1. The van der Waals surface area contributed by atoms with E-state index in [1.807, 2.05) is 0 Å². The van der Waals surface area contributed by atoms with E-state index < -0.39 is 15.8 Å². The minimum absolute atomic E-state index is 0.0877. The average molecular weight is 292 g/mol. The van der Waals surface area contributed by atoms with Gasteiger partial charge in [-0.15, -0.1) is 4.40 Å². The Bertz CT molecular complexity index is 756. The maximum absolute atomic E-state index is 13.2. The standard InChI is InChI=1S/C14H13FN2O2S/c1-10-9-12(7-8-13(10)15)20(18,19)17-14(16)11-5-3-2-4-6-11/h2-9H,1H3,(H2,16,17). The lowest BCUT2D eigenvalue weighted by molar-refractivity contribution is 0.595. The van der Waals surface area contributed by atoms with Gasteiger partial charge in [0.05, 0.1) is 4.90 Å². The number of halogens is 1. The molecule has 104 valence electrons. The van der Waals surface area contributed by atoms with Crippen LogP contribution < -0.4 is 5.73 Å². The summed E-state index contributed by atoms with van der Waals surface area (Å²) in [5.74, 6) is -0.573. The molecule has 0 radical (unpaired) electrons. The Morgan fingerprint density at radius 3 is 2.40 bits per heavy atom. The molecular formula is C14H13FN2O2S. The second-order valence-electron chi connectivity index (χ2n) is 4.23.